The molecule has 2 nitrogen and oxygen atoms in total. The molecule has 0 aliphatic rings. The molecule has 0 fully saturated rings. The third-order valence-electron chi connectivity index (χ3n) is 3.57. The summed E-state index contributed by atoms with van der Waals surface area (Å²) in [6, 6.07) is 14.9. The first kappa shape index (κ1) is 13.7. The topological polar surface area (TPSA) is 14.2 Å². The zero-order valence-corrected chi connectivity index (χ0v) is 12.1. The molecular formula is C18H18FNO. The molecule has 0 radical (unpaired) electrons. The molecule has 0 unspecified atom stereocenters. The highest BCUT2D eigenvalue weighted by atomic mass is 19.1. The largest absolute Gasteiger partial charge is 0.494 e. The van der Waals surface area contributed by atoms with Crippen molar-refractivity contribution in [2.75, 3.05) is 6.61 Å². The van der Waals surface area contributed by atoms with Crippen LogP contribution in [0.1, 0.15) is 12.0 Å². The molecule has 0 amide bonds. The van der Waals surface area contributed by atoms with E-state index < -0.39 is 0 Å². The Labute approximate surface area is 123 Å². The van der Waals surface area contributed by atoms with Gasteiger partial charge >= 0.3 is 0 Å². The van der Waals surface area contributed by atoms with Crippen LogP contribution in [0.15, 0.2) is 54.7 Å². The number of halogens is 1. The van der Waals surface area contributed by atoms with Crippen molar-refractivity contribution in [1.82, 2.24) is 4.57 Å². The first-order valence-corrected chi connectivity index (χ1v) is 7.16. The zero-order valence-electron chi connectivity index (χ0n) is 12.1. The first-order valence-electron chi connectivity index (χ1n) is 7.16. The maximum Gasteiger partial charge on any atom is 0.123 e. The minimum atomic E-state index is -0.192. The van der Waals surface area contributed by atoms with Gasteiger partial charge < -0.3 is 9.30 Å². The first-order chi connectivity index (χ1) is 10.2. The van der Waals surface area contributed by atoms with E-state index >= 15 is 0 Å². The molecule has 1 aromatic heterocycles. The monoisotopic (exact) mass is 283 g/mol. The number of ether oxygens (including phenoxy) is 1. The molecule has 0 N–H and O–H groups in total. The van der Waals surface area contributed by atoms with Gasteiger partial charge in [-0.05, 0) is 49.7 Å². The van der Waals surface area contributed by atoms with E-state index in [1.165, 1.54) is 11.6 Å². The van der Waals surface area contributed by atoms with Crippen LogP contribution >= 0.6 is 0 Å². The van der Waals surface area contributed by atoms with Gasteiger partial charge in [-0.2, -0.15) is 0 Å². The van der Waals surface area contributed by atoms with Gasteiger partial charge in [0.15, 0.2) is 0 Å². The van der Waals surface area contributed by atoms with Crippen molar-refractivity contribution in [2.45, 2.75) is 19.9 Å². The lowest BCUT2D eigenvalue weighted by atomic mass is 10.2. The quantitative estimate of drug-likeness (QED) is 0.626. The van der Waals surface area contributed by atoms with E-state index in [-0.39, 0.29) is 5.82 Å². The van der Waals surface area contributed by atoms with E-state index in [1.807, 2.05) is 42.6 Å². The Hall–Kier alpha value is -2.29. The molecule has 0 aliphatic carbocycles. The van der Waals surface area contributed by atoms with Gasteiger partial charge in [0.25, 0.3) is 0 Å². The van der Waals surface area contributed by atoms with Gasteiger partial charge in [0.1, 0.15) is 11.6 Å². The third-order valence-corrected chi connectivity index (χ3v) is 3.57. The summed E-state index contributed by atoms with van der Waals surface area (Å²) in [5.41, 5.74) is 2.29. The molecule has 0 spiro atoms. The normalized spacial score (nSPS) is 11.0. The second kappa shape index (κ2) is 6.00. The zero-order chi connectivity index (χ0) is 14.7. The number of benzene rings is 2. The molecule has 0 aliphatic heterocycles. The molecule has 1 heterocycles. The Morgan fingerprint density at radius 3 is 2.67 bits per heavy atom. The number of hydrogen-bond acceptors (Lipinski definition) is 1. The molecule has 0 bridgehead atoms. The fourth-order valence-electron chi connectivity index (χ4n) is 2.43. The van der Waals surface area contributed by atoms with Crippen LogP contribution in [0.2, 0.25) is 0 Å². The summed E-state index contributed by atoms with van der Waals surface area (Å²) in [4.78, 5) is 0. The Balaban J connectivity index is 1.56. The third kappa shape index (κ3) is 3.24. The van der Waals surface area contributed by atoms with Gasteiger partial charge in [0.2, 0.25) is 0 Å². The van der Waals surface area contributed by atoms with Crippen LogP contribution in [-0.4, -0.2) is 11.2 Å². The second-order valence-corrected chi connectivity index (χ2v) is 5.23. The van der Waals surface area contributed by atoms with Crippen LogP contribution in [0.4, 0.5) is 4.39 Å². The summed E-state index contributed by atoms with van der Waals surface area (Å²) in [5.74, 6) is 0.711. The van der Waals surface area contributed by atoms with Gasteiger partial charge in [-0.15, -0.1) is 0 Å². The Morgan fingerprint density at radius 2 is 1.86 bits per heavy atom. The molecule has 0 atom stereocenters. The molecule has 3 aromatic rings. The molecule has 21 heavy (non-hydrogen) atoms. The number of rotatable bonds is 5. The molecule has 3 heteroatoms. The second-order valence-electron chi connectivity index (χ2n) is 5.23. The van der Waals surface area contributed by atoms with Crippen molar-refractivity contribution in [3.63, 3.8) is 0 Å². The minimum absolute atomic E-state index is 0.192. The van der Waals surface area contributed by atoms with E-state index in [4.69, 9.17) is 4.74 Å². The summed E-state index contributed by atoms with van der Waals surface area (Å²) in [7, 11) is 0. The number of aryl methyl sites for hydroxylation is 2. The Morgan fingerprint density at radius 1 is 1.05 bits per heavy atom. The lowest BCUT2D eigenvalue weighted by molar-refractivity contribution is 0.302. The molecule has 108 valence electrons. The highest BCUT2D eigenvalue weighted by molar-refractivity contribution is 5.80. The smallest absolute Gasteiger partial charge is 0.123 e. The minimum Gasteiger partial charge on any atom is -0.494 e. The van der Waals surface area contributed by atoms with E-state index in [9.17, 15) is 4.39 Å². The van der Waals surface area contributed by atoms with Gasteiger partial charge in [-0.25, -0.2) is 4.39 Å². The van der Waals surface area contributed by atoms with Crippen molar-refractivity contribution in [2.24, 2.45) is 0 Å². The van der Waals surface area contributed by atoms with Crippen LogP contribution in [0, 0.1) is 12.7 Å². The van der Waals surface area contributed by atoms with Crippen molar-refractivity contribution < 1.29 is 9.13 Å². The van der Waals surface area contributed by atoms with Gasteiger partial charge in [-0.1, -0.05) is 17.7 Å². The Bertz CT molecular complexity index is 731. The molecule has 0 saturated heterocycles. The van der Waals surface area contributed by atoms with E-state index in [0.29, 0.717) is 6.61 Å². The molecule has 3 rings (SSSR count). The van der Waals surface area contributed by atoms with Crippen LogP contribution in [0.5, 0.6) is 5.75 Å². The van der Waals surface area contributed by atoms with Crippen LogP contribution in [0.25, 0.3) is 10.9 Å². The predicted octanol–water partition coefficient (Wildman–Crippen LogP) is 4.56. The SMILES string of the molecule is Cc1ccc(OCCCn2ccc3cc(F)ccc32)cc1. The van der Waals surface area contributed by atoms with E-state index in [2.05, 4.69) is 11.5 Å². The number of fused-ring (bicyclic) bond motifs is 1. The van der Waals surface area contributed by atoms with Crippen LogP contribution < -0.4 is 4.74 Å². The van der Waals surface area contributed by atoms with Crippen molar-refractivity contribution in [3.8, 4) is 5.75 Å². The standard InChI is InChI=1S/C18H18FNO/c1-14-3-6-17(7-4-14)21-12-2-10-20-11-9-15-13-16(19)5-8-18(15)20/h3-9,11,13H,2,10,12H2,1H3. The Kier molecular flexibility index (Phi) is 3.91. The van der Waals surface area contributed by atoms with Crippen LogP contribution in [-0.2, 0) is 6.54 Å². The van der Waals surface area contributed by atoms with Crippen LogP contribution in [0.3, 0.4) is 0 Å². The average molecular weight is 283 g/mol. The fourth-order valence-corrected chi connectivity index (χ4v) is 2.43. The molecule has 0 saturated carbocycles. The van der Waals surface area contributed by atoms with Crippen molar-refractivity contribution >= 4 is 10.9 Å². The molecular weight excluding hydrogens is 265 g/mol. The number of hydrogen-bond donors (Lipinski definition) is 0. The molecule has 2 aromatic carbocycles. The van der Waals surface area contributed by atoms with Gasteiger partial charge in [-0.3, -0.25) is 0 Å². The maximum atomic E-state index is 13.1. The highest BCUT2D eigenvalue weighted by Crippen LogP contribution is 2.17. The lowest BCUT2D eigenvalue weighted by Crippen LogP contribution is -2.03. The summed E-state index contributed by atoms with van der Waals surface area (Å²) < 4.78 is 21.0. The van der Waals surface area contributed by atoms with Crippen molar-refractivity contribution in [1.29, 1.82) is 0 Å². The maximum absolute atomic E-state index is 13.1. The lowest BCUT2D eigenvalue weighted by Gasteiger charge is -2.08. The summed E-state index contributed by atoms with van der Waals surface area (Å²) in [6.07, 6.45) is 2.91. The summed E-state index contributed by atoms with van der Waals surface area (Å²) >= 11 is 0. The van der Waals surface area contributed by atoms with E-state index in [1.54, 1.807) is 6.07 Å². The average Bonchev–Trinajstić information content (AvgIpc) is 2.87. The highest BCUT2D eigenvalue weighted by Gasteiger charge is 2.02. The summed E-state index contributed by atoms with van der Waals surface area (Å²) in [5, 5.41) is 0.939. The summed E-state index contributed by atoms with van der Waals surface area (Å²) in [6.45, 7) is 3.59. The fraction of sp³-hybridized carbons (Fsp3) is 0.222. The van der Waals surface area contributed by atoms with Gasteiger partial charge in [0, 0.05) is 23.6 Å². The van der Waals surface area contributed by atoms with Crippen molar-refractivity contribution in [3.05, 3.63) is 66.1 Å². The number of aromatic nitrogens is 1. The predicted molar refractivity (Wildman–Crippen MR) is 83.2 cm³/mol. The van der Waals surface area contributed by atoms with Gasteiger partial charge in [0.05, 0.1) is 6.61 Å². The number of nitrogens with zero attached hydrogens (tertiary/aromatic N) is 1. The van der Waals surface area contributed by atoms with E-state index in [0.717, 1.165) is 29.6 Å².